The van der Waals surface area contributed by atoms with E-state index in [-0.39, 0.29) is 5.91 Å². The monoisotopic (exact) mass is 270 g/mol. The molecule has 0 saturated carbocycles. The van der Waals surface area contributed by atoms with E-state index >= 15 is 0 Å². The Labute approximate surface area is 118 Å². The second-order valence-electron chi connectivity index (χ2n) is 4.29. The fraction of sp³-hybridized carbons (Fsp3) is 0.267. The highest BCUT2D eigenvalue weighted by molar-refractivity contribution is 5.98. The molecular formula is C15H18N4O. The predicted molar refractivity (Wildman–Crippen MR) is 78.4 cm³/mol. The number of aromatic nitrogens is 2. The zero-order chi connectivity index (χ0) is 14.4. The molecule has 2 aromatic heterocycles. The van der Waals surface area contributed by atoms with Crippen LogP contribution in [-0.4, -0.2) is 34.4 Å². The average Bonchev–Trinajstić information content (AvgIpc) is 2.53. The summed E-state index contributed by atoms with van der Waals surface area (Å²) in [5.41, 5.74) is 1.45. The highest BCUT2D eigenvalue weighted by Crippen LogP contribution is 2.15. The van der Waals surface area contributed by atoms with Crippen molar-refractivity contribution in [3.05, 3.63) is 54.0 Å². The van der Waals surface area contributed by atoms with Gasteiger partial charge in [0.15, 0.2) is 0 Å². The van der Waals surface area contributed by atoms with Gasteiger partial charge in [-0.1, -0.05) is 6.07 Å². The van der Waals surface area contributed by atoms with Crippen LogP contribution < -0.4 is 5.32 Å². The minimum atomic E-state index is -0.0457. The normalized spacial score (nSPS) is 10.1. The van der Waals surface area contributed by atoms with Gasteiger partial charge < -0.3 is 10.2 Å². The molecule has 0 saturated heterocycles. The third-order valence-electron chi connectivity index (χ3n) is 3.02. The van der Waals surface area contributed by atoms with Gasteiger partial charge in [0.1, 0.15) is 5.82 Å². The number of rotatable bonds is 5. The maximum atomic E-state index is 12.6. The molecule has 0 radical (unpaired) electrons. The van der Waals surface area contributed by atoms with Crippen molar-refractivity contribution in [2.24, 2.45) is 0 Å². The van der Waals surface area contributed by atoms with E-state index in [4.69, 9.17) is 0 Å². The van der Waals surface area contributed by atoms with Crippen LogP contribution in [0.5, 0.6) is 0 Å². The summed E-state index contributed by atoms with van der Waals surface area (Å²) in [5.74, 6) is 0.549. The number of nitrogens with zero attached hydrogens (tertiary/aromatic N) is 3. The molecule has 0 spiro atoms. The summed E-state index contributed by atoms with van der Waals surface area (Å²) < 4.78 is 0. The summed E-state index contributed by atoms with van der Waals surface area (Å²) >= 11 is 0. The Morgan fingerprint density at radius 2 is 2.00 bits per heavy atom. The molecule has 0 aliphatic carbocycles. The van der Waals surface area contributed by atoms with Gasteiger partial charge >= 0.3 is 0 Å². The van der Waals surface area contributed by atoms with Crippen molar-refractivity contribution < 1.29 is 4.79 Å². The van der Waals surface area contributed by atoms with Crippen LogP contribution in [0.3, 0.4) is 0 Å². The number of amides is 1. The van der Waals surface area contributed by atoms with Crippen LogP contribution in [0.15, 0.2) is 42.7 Å². The van der Waals surface area contributed by atoms with E-state index < -0.39 is 0 Å². The Kier molecular flexibility index (Phi) is 4.65. The Morgan fingerprint density at radius 3 is 2.65 bits per heavy atom. The highest BCUT2D eigenvalue weighted by atomic mass is 16.2. The van der Waals surface area contributed by atoms with Crippen LogP contribution in [-0.2, 0) is 6.54 Å². The second kappa shape index (κ2) is 6.65. The molecule has 2 heterocycles. The van der Waals surface area contributed by atoms with Gasteiger partial charge in [0, 0.05) is 26.0 Å². The minimum absolute atomic E-state index is 0.0457. The van der Waals surface area contributed by atoms with Crippen molar-refractivity contribution in [1.82, 2.24) is 14.9 Å². The lowest BCUT2D eigenvalue weighted by Crippen LogP contribution is -2.31. The number of carbonyl (C=O) groups is 1. The largest absolute Gasteiger partial charge is 0.372 e. The third-order valence-corrected chi connectivity index (χ3v) is 3.02. The van der Waals surface area contributed by atoms with Crippen LogP contribution in [0.1, 0.15) is 23.0 Å². The van der Waals surface area contributed by atoms with E-state index in [2.05, 4.69) is 15.3 Å². The maximum absolute atomic E-state index is 12.6. The Morgan fingerprint density at radius 1 is 1.20 bits per heavy atom. The minimum Gasteiger partial charge on any atom is -0.372 e. The SMILES string of the molecule is CCN(Cc1ccccn1)C(=O)c1cccnc1NC. The molecule has 0 unspecified atom stereocenters. The van der Waals surface area contributed by atoms with Crippen LogP contribution in [0, 0.1) is 0 Å². The van der Waals surface area contributed by atoms with Crippen molar-refractivity contribution in [1.29, 1.82) is 0 Å². The molecule has 5 nitrogen and oxygen atoms in total. The van der Waals surface area contributed by atoms with Crippen molar-refractivity contribution in [3.63, 3.8) is 0 Å². The molecule has 5 heteroatoms. The van der Waals surface area contributed by atoms with E-state index in [0.717, 1.165) is 5.69 Å². The first-order valence-corrected chi connectivity index (χ1v) is 6.58. The maximum Gasteiger partial charge on any atom is 0.257 e. The molecular weight excluding hydrogens is 252 g/mol. The quantitative estimate of drug-likeness (QED) is 0.904. The van der Waals surface area contributed by atoms with Crippen molar-refractivity contribution in [2.45, 2.75) is 13.5 Å². The van der Waals surface area contributed by atoms with E-state index in [1.165, 1.54) is 0 Å². The molecule has 1 N–H and O–H groups in total. The lowest BCUT2D eigenvalue weighted by molar-refractivity contribution is 0.0751. The summed E-state index contributed by atoms with van der Waals surface area (Å²) in [6.07, 6.45) is 3.40. The first-order chi connectivity index (χ1) is 9.76. The Balaban J connectivity index is 2.21. The highest BCUT2D eigenvalue weighted by Gasteiger charge is 2.18. The third kappa shape index (κ3) is 3.12. The number of hydrogen-bond donors (Lipinski definition) is 1. The lowest BCUT2D eigenvalue weighted by atomic mass is 10.2. The fourth-order valence-electron chi connectivity index (χ4n) is 1.96. The van der Waals surface area contributed by atoms with Crippen LogP contribution in [0.4, 0.5) is 5.82 Å². The molecule has 104 valence electrons. The van der Waals surface area contributed by atoms with Gasteiger partial charge in [-0.05, 0) is 31.2 Å². The van der Waals surface area contributed by atoms with Gasteiger partial charge in [0.25, 0.3) is 5.91 Å². The van der Waals surface area contributed by atoms with Crippen molar-refractivity contribution in [2.75, 3.05) is 18.9 Å². The first kappa shape index (κ1) is 14.0. The number of carbonyl (C=O) groups excluding carboxylic acids is 1. The molecule has 1 amide bonds. The molecule has 0 bridgehead atoms. The molecule has 0 aromatic carbocycles. The second-order valence-corrected chi connectivity index (χ2v) is 4.29. The summed E-state index contributed by atoms with van der Waals surface area (Å²) in [6.45, 7) is 3.07. The zero-order valence-corrected chi connectivity index (χ0v) is 11.7. The van der Waals surface area contributed by atoms with Gasteiger partial charge in [-0.3, -0.25) is 9.78 Å². The average molecular weight is 270 g/mol. The molecule has 2 aromatic rings. The number of nitrogens with one attached hydrogen (secondary N) is 1. The fourth-order valence-corrected chi connectivity index (χ4v) is 1.96. The molecule has 0 fully saturated rings. The van der Waals surface area contributed by atoms with Crippen molar-refractivity contribution in [3.8, 4) is 0 Å². The van der Waals surface area contributed by atoms with Gasteiger partial charge in [-0.25, -0.2) is 4.98 Å². The molecule has 2 rings (SSSR count). The summed E-state index contributed by atoms with van der Waals surface area (Å²) in [5, 5.41) is 2.95. The topological polar surface area (TPSA) is 58.1 Å². The van der Waals surface area contributed by atoms with E-state index in [1.54, 1.807) is 36.5 Å². The first-order valence-electron chi connectivity index (χ1n) is 6.58. The van der Waals surface area contributed by atoms with Gasteiger partial charge in [0.05, 0.1) is 17.8 Å². The number of hydrogen-bond acceptors (Lipinski definition) is 4. The van der Waals surface area contributed by atoms with E-state index in [9.17, 15) is 4.79 Å². The van der Waals surface area contributed by atoms with Crippen LogP contribution in [0.2, 0.25) is 0 Å². The molecule has 0 aliphatic heterocycles. The van der Waals surface area contributed by atoms with Crippen molar-refractivity contribution >= 4 is 11.7 Å². The summed E-state index contributed by atoms with van der Waals surface area (Å²) in [7, 11) is 1.76. The lowest BCUT2D eigenvalue weighted by Gasteiger charge is -2.21. The van der Waals surface area contributed by atoms with Gasteiger partial charge in [-0.2, -0.15) is 0 Å². The zero-order valence-electron chi connectivity index (χ0n) is 11.7. The smallest absolute Gasteiger partial charge is 0.257 e. The van der Waals surface area contributed by atoms with Gasteiger partial charge in [-0.15, -0.1) is 0 Å². The van der Waals surface area contributed by atoms with Gasteiger partial charge in [0.2, 0.25) is 0 Å². The predicted octanol–water partition coefficient (Wildman–Crippen LogP) is 2.18. The number of anilines is 1. The van der Waals surface area contributed by atoms with E-state index in [1.807, 2.05) is 25.1 Å². The summed E-state index contributed by atoms with van der Waals surface area (Å²) in [6, 6.07) is 9.24. The van der Waals surface area contributed by atoms with Crippen LogP contribution >= 0.6 is 0 Å². The molecule has 0 aliphatic rings. The molecule has 20 heavy (non-hydrogen) atoms. The number of pyridine rings is 2. The van der Waals surface area contributed by atoms with E-state index in [0.29, 0.717) is 24.5 Å². The molecule has 0 atom stereocenters. The Hall–Kier alpha value is -2.43. The van der Waals surface area contributed by atoms with Crippen LogP contribution in [0.25, 0.3) is 0 Å². The standard InChI is InChI=1S/C15H18N4O/c1-3-19(11-12-7-4-5-9-17-12)15(20)13-8-6-10-18-14(13)16-2/h4-10H,3,11H2,1-2H3,(H,16,18). The summed E-state index contributed by atoms with van der Waals surface area (Å²) in [4.78, 5) is 22.8. The Bertz CT molecular complexity index is 571.